The molecule has 2 unspecified atom stereocenters. The molecular weight excluding hydrogens is 262 g/mol. The van der Waals surface area contributed by atoms with Gasteiger partial charge in [-0.3, -0.25) is 0 Å². The highest BCUT2D eigenvalue weighted by atomic mass is 35.5. The smallest absolute Gasteiger partial charge is 0.149 e. The number of fused-ring (bicyclic) bond motifs is 1. The monoisotopic (exact) mass is 279 g/mol. The van der Waals surface area contributed by atoms with Crippen molar-refractivity contribution in [3.63, 3.8) is 0 Å². The lowest BCUT2D eigenvalue weighted by molar-refractivity contribution is 0.0854. The van der Waals surface area contributed by atoms with Gasteiger partial charge in [0.2, 0.25) is 0 Å². The predicted octanol–water partition coefficient (Wildman–Crippen LogP) is 3.52. The first-order valence-electron chi connectivity index (χ1n) is 6.64. The molecule has 1 aromatic rings. The summed E-state index contributed by atoms with van der Waals surface area (Å²) in [5.74, 6) is 0.956. The molecule has 1 aromatic carbocycles. The first kappa shape index (κ1) is 12.8. The van der Waals surface area contributed by atoms with Gasteiger partial charge in [0.1, 0.15) is 17.5 Å². The molecule has 0 aromatic heterocycles. The summed E-state index contributed by atoms with van der Waals surface area (Å²) in [4.78, 5) is 5.39. The van der Waals surface area contributed by atoms with E-state index in [4.69, 9.17) is 21.2 Å². The summed E-state index contributed by atoms with van der Waals surface area (Å²) in [7, 11) is 0. The summed E-state index contributed by atoms with van der Waals surface area (Å²) in [5.41, 5.74) is 3.08. The van der Waals surface area contributed by atoms with E-state index in [1.807, 2.05) is 13.0 Å². The third-order valence-electron chi connectivity index (χ3n) is 3.61. The Morgan fingerprint density at radius 1 is 1.42 bits per heavy atom. The minimum absolute atomic E-state index is 0.0399. The molecule has 2 atom stereocenters. The lowest BCUT2D eigenvalue weighted by Crippen LogP contribution is -2.25. The number of benzene rings is 1. The van der Waals surface area contributed by atoms with Crippen LogP contribution in [0, 0.1) is 0 Å². The lowest BCUT2D eigenvalue weighted by Gasteiger charge is -2.18. The van der Waals surface area contributed by atoms with E-state index >= 15 is 0 Å². The number of hydrogen-bond donors (Lipinski definition) is 0. The first-order chi connectivity index (χ1) is 8.96. The van der Waals surface area contributed by atoms with E-state index < -0.39 is 0 Å². The molecule has 2 aliphatic rings. The first-order valence-corrected chi connectivity index (χ1v) is 7.08. The van der Waals surface area contributed by atoms with Crippen molar-refractivity contribution in [3.05, 3.63) is 29.3 Å². The van der Waals surface area contributed by atoms with E-state index in [0.29, 0.717) is 0 Å². The van der Waals surface area contributed by atoms with Gasteiger partial charge in [0.05, 0.1) is 11.1 Å². The summed E-state index contributed by atoms with van der Waals surface area (Å²) >= 11 is 6.07. The molecule has 0 N–H and O–H groups in total. The minimum Gasteiger partial charge on any atom is -0.487 e. The van der Waals surface area contributed by atoms with Crippen molar-refractivity contribution in [1.82, 2.24) is 0 Å². The SMILES string of the molecule is CC(Cl)C1CC(c2cccc3c2OC(C)(C)C3)=NO1. The van der Waals surface area contributed by atoms with Crippen LogP contribution in [0.3, 0.4) is 0 Å². The van der Waals surface area contributed by atoms with Crippen molar-refractivity contribution in [3.8, 4) is 5.75 Å². The molecular formula is C15H18ClNO2. The zero-order valence-electron chi connectivity index (χ0n) is 11.4. The quantitative estimate of drug-likeness (QED) is 0.776. The standard InChI is InChI=1S/C15H18ClNO2/c1-9(16)13-7-12(17-19-13)11-6-4-5-10-8-15(2,3)18-14(10)11/h4-6,9,13H,7-8H2,1-3H3. The van der Waals surface area contributed by atoms with Gasteiger partial charge < -0.3 is 9.57 Å². The van der Waals surface area contributed by atoms with E-state index in [1.54, 1.807) is 0 Å². The third kappa shape index (κ3) is 2.32. The van der Waals surface area contributed by atoms with Gasteiger partial charge in [-0.15, -0.1) is 11.6 Å². The highest BCUT2D eigenvalue weighted by molar-refractivity contribution is 6.21. The van der Waals surface area contributed by atoms with Crippen molar-refractivity contribution in [1.29, 1.82) is 0 Å². The van der Waals surface area contributed by atoms with Gasteiger partial charge in [-0.1, -0.05) is 17.3 Å². The van der Waals surface area contributed by atoms with Crippen molar-refractivity contribution in [2.45, 2.75) is 50.7 Å². The Kier molecular flexibility index (Phi) is 2.97. The third-order valence-corrected chi connectivity index (χ3v) is 3.89. The van der Waals surface area contributed by atoms with Crippen LogP contribution in [-0.2, 0) is 11.3 Å². The van der Waals surface area contributed by atoms with E-state index in [0.717, 1.165) is 29.9 Å². The van der Waals surface area contributed by atoms with Gasteiger partial charge in [0.25, 0.3) is 0 Å². The molecule has 3 rings (SSSR count). The molecule has 0 saturated carbocycles. The van der Waals surface area contributed by atoms with Crippen molar-refractivity contribution in [2.24, 2.45) is 5.16 Å². The molecule has 0 saturated heterocycles. The van der Waals surface area contributed by atoms with Crippen molar-refractivity contribution < 1.29 is 9.57 Å². The summed E-state index contributed by atoms with van der Waals surface area (Å²) in [5, 5.41) is 4.14. The summed E-state index contributed by atoms with van der Waals surface area (Å²) < 4.78 is 6.06. The Morgan fingerprint density at radius 2 is 2.21 bits per heavy atom. The summed E-state index contributed by atoms with van der Waals surface area (Å²) in [6.45, 7) is 6.14. The maximum absolute atomic E-state index is 6.07. The lowest BCUT2D eigenvalue weighted by atomic mass is 9.97. The van der Waals surface area contributed by atoms with Gasteiger partial charge in [-0.2, -0.15) is 0 Å². The van der Waals surface area contributed by atoms with Crippen LogP contribution in [0.2, 0.25) is 0 Å². The Bertz CT molecular complexity index is 537. The van der Waals surface area contributed by atoms with Crippen LogP contribution in [0.4, 0.5) is 0 Å². The average Bonchev–Trinajstić information content (AvgIpc) is 2.90. The fourth-order valence-corrected chi connectivity index (χ4v) is 2.78. The molecule has 0 spiro atoms. The van der Waals surface area contributed by atoms with Gasteiger partial charge in [-0.05, 0) is 32.4 Å². The Morgan fingerprint density at radius 3 is 2.89 bits per heavy atom. The largest absolute Gasteiger partial charge is 0.487 e. The maximum Gasteiger partial charge on any atom is 0.149 e. The number of ether oxygens (including phenoxy) is 1. The van der Waals surface area contributed by atoms with Crippen LogP contribution in [0.15, 0.2) is 23.4 Å². The summed E-state index contributed by atoms with van der Waals surface area (Å²) in [6, 6.07) is 6.22. The molecule has 0 bridgehead atoms. The zero-order chi connectivity index (χ0) is 13.6. The van der Waals surface area contributed by atoms with Crippen LogP contribution in [0.5, 0.6) is 5.75 Å². The van der Waals surface area contributed by atoms with Crippen LogP contribution >= 0.6 is 11.6 Å². The highest BCUT2D eigenvalue weighted by Crippen LogP contribution is 2.39. The average molecular weight is 280 g/mol. The molecule has 0 aliphatic carbocycles. The van der Waals surface area contributed by atoms with Crippen molar-refractivity contribution in [2.75, 3.05) is 0 Å². The zero-order valence-corrected chi connectivity index (χ0v) is 12.2. The van der Waals surface area contributed by atoms with Gasteiger partial charge >= 0.3 is 0 Å². The second kappa shape index (κ2) is 4.41. The fourth-order valence-electron chi connectivity index (χ4n) is 2.64. The van der Waals surface area contributed by atoms with Gasteiger partial charge in [0.15, 0.2) is 0 Å². The van der Waals surface area contributed by atoms with Crippen molar-refractivity contribution >= 4 is 17.3 Å². The molecule has 4 heteroatoms. The molecule has 2 heterocycles. The highest BCUT2D eigenvalue weighted by Gasteiger charge is 2.34. The number of hydrogen-bond acceptors (Lipinski definition) is 3. The Labute approximate surface area is 118 Å². The van der Waals surface area contributed by atoms with E-state index in [9.17, 15) is 0 Å². The number of oxime groups is 1. The molecule has 19 heavy (non-hydrogen) atoms. The van der Waals surface area contributed by atoms with Crippen LogP contribution < -0.4 is 4.74 Å². The second-order valence-corrected chi connectivity index (χ2v) is 6.58. The Hall–Kier alpha value is -1.22. The number of para-hydroxylation sites is 1. The molecule has 0 fully saturated rings. The van der Waals surface area contributed by atoms with Gasteiger partial charge in [0, 0.05) is 18.4 Å². The molecule has 0 radical (unpaired) electrons. The molecule has 102 valence electrons. The molecule has 3 nitrogen and oxygen atoms in total. The minimum atomic E-state index is -0.141. The fraction of sp³-hybridized carbons (Fsp3) is 0.533. The number of alkyl halides is 1. The van der Waals surface area contributed by atoms with Crippen LogP contribution in [-0.4, -0.2) is 22.8 Å². The second-order valence-electron chi connectivity index (χ2n) is 5.90. The van der Waals surface area contributed by atoms with Gasteiger partial charge in [-0.25, -0.2) is 0 Å². The number of nitrogens with zero attached hydrogens (tertiary/aromatic N) is 1. The number of rotatable bonds is 2. The van der Waals surface area contributed by atoms with E-state index in [1.165, 1.54) is 5.56 Å². The summed E-state index contributed by atoms with van der Waals surface area (Å²) in [6.07, 6.45) is 1.63. The molecule has 0 amide bonds. The van der Waals surface area contributed by atoms with E-state index in [2.05, 4.69) is 31.1 Å². The van der Waals surface area contributed by atoms with Crippen LogP contribution in [0.25, 0.3) is 0 Å². The number of halogens is 1. The van der Waals surface area contributed by atoms with E-state index in [-0.39, 0.29) is 17.1 Å². The Balaban J connectivity index is 1.91. The van der Waals surface area contributed by atoms with Crippen LogP contribution in [0.1, 0.15) is 38.3 Å². The normalized spacial score (nSPS) is 25.3. The topological polar surface area (TPSA) is 30.8 Å². The maximum atomic E-state index is 6.07. The predicted molar refractivity (Wildman–Crippen MR) is 76.2 cm³/mol. The molecule has 2 aliphatic heterocycles.